The molecule has 20 heavy (non-hydrogen) atoms. The fourth-order valence-corrected chi connectivity index (χ4v) is 1.69. The minimum Gasteiger partial charge on any atom is -0.481 e. The van der Waals surface area contributed by atoms with Crippen LogP contribution in [0.25, 0.3) is 0 Å². The van der Waals surface area contributed by atoms with E-state index in [1.165, 1.54) is 11.8 Å². The summed E-state index contributed by atoms with van der Waals surface area (Å²) in [4.78, 5) is 11.9. The van der Waals surface area contributed by atoms with Crippen LogP contribution >= 0.6 is 0 Å². The van der Waals surface area contributed by atoms with E-state index < -0.39 is 6.10 Å². The highest BCUT2D eigenvalue weighted by molar-refractivity contribution is 5.93. The molecule has 1 heterocycles. The average molecular weight is 274 g/mol. The predicted octanol–water partition coefficient (Wildman–Crippen LogP) is 3.20. The summed E-state index contributed by atoms with van der Waals surface area (Å²) in [6, 6.07) is 9.32. The van der Waals surface area contributed by atoms with Crippen molar-refractivity contribution in [3.05, 3.63) is 42.2 Å². The number of nitrogens with zero attached hydrogens (tertiary/aromatic N) is 1. The molecule has 1 atom stereocenters. The molecule has 1 amide bonds. The molecule has 1 unspecified atom stereocenters. The first-order valence-electron chi connectivity index (χ1n) is 6.54. The van der Waals surface area contributed by atoms with Gasteiger partial charge in [0.25, 0.3) is 5.91 Å². The van der Waals surface area contributed by atoms with Gasteiger partial charge in [-0.3, -0.25) is 4.79 Å². The van der Waals surface area contributed by atoms with Crippen molar-refractivity contribution in [2.45, 2.75) is 32.8 Å². The van der Waals surface area contributed by atoms with E-state index >= 15 is 0 Å². The van der Waals surface area contributed by atoms with Gasteiger partial charge in [0.15, 0.2) is 11.9 Å². The summed E-state index contributed by atoms with van der Waals surface area (Å²) in [5, 5.41) is 6.22. The third-order valence-corrected chi connectivity index (χ3v) is 2.92. The van der Waals surface area contributed by atoms with E-state index in [0.29, 0.717) is 17.5 Å². The lowest BCUT2D eigenvalue weighted by Crippen LogP contribution is -2.30. The van der Waals surface area contributed by atoms with Gasteiger partial charge in [-0.05, 0) is 30.5 Å². The number of anilines is 1. The molecule has 1 aromatic carbocycles. The van der Waals surface area contributed by atoms with Crippen molar-refractivity contribution in [3.8, 4) is 5.75 Å². The third kappa shape index (κ3) is 3.60. The van der Waals surface area contributed by atoms with E-state index in [4.69, 9.17) is 4.74 Å². The molecular formula is C15H18N2O3. The molecule has 5 nitrogen and oxygen atoms in total. The molecule has 1 N–H and O–H groups in total. The largest absolute Gasteiger partial charge is 0.481 e. The molecule has 0 fully saturated rings. The maximum absolute atomic E-state index is 11.9. The monoisotopic (exact) mass is 274 g/mol. The number of carbonyl (C=O) groups excluding carboxylic acids is 1. The number of hydrogen-bond donors (Lipinski definition) is 1. The van der Waals surface area contributed by atoms with Crippen LogP contribution in [0.5, 0.6) is 5.75 Å². The second kappa shape index (κ2) is 6.23. The highest BCUT2D eigenvalue weighted by Crippen LogP contribution is 2.19. The van der Waals surface area contributed by atoms with E-state index in [-0.39, 0.29) is 5.91 Å². The first kappa shape index (κ1) is 14.1. The minimum atomic E-state index is -0.614. The summed E-state index contributed by atoms with van der Waals surface area (Å²) in [6.45, 7) is 5.94. The Balaban J connectivity index is 1.93. The Bertz CT molecular complexity index is 547. The molecule has 5 heteroatoms. The van der Waals surface area contributed by atoms with Crippen LogP contribution in [0.1, 0.15) is 32.3 Å². The van der Waals surface area contributed by atoms with Crippen LogP contribution in [-0.4, -0.2) is 17.2 Å². The van der Waals surface area contributed by atoms with Crippen molar-refractivity contribution in [3.63, 3.8) is 0 Å². The SMILES string of the molecule is CC(Oc1ccc(C(C)C)cc1)C(=O)Nc1ccon1. The van der Waals surface area contributed by atoms with Crippen molar-refractivity contribution in [1.82, 2.24) is 5.16 Å². The van der Waals surface area contributed by atoms with Gasteiger partial charge in [0.05, 0.1) is 0 Å². The van der Waals surface area contributed by atoms with Gasteiger partial charge in [-0.15, -0.1) is 0 Å². The van der Waals surface area contributed by atoms with E-state index in [1.54, 1.807) is 13.0 Å². The van der Waals surface area contributed by atoms with Gasteiger partial charge in [0, 0.05) is 6.07 Å². The first-order valence-corrected chi connectivity index (χ1v) is 6.54. The Labute approximate surface area is 117 Å². The van der Waals surface area contributed by atoms with E-state index in [0.717, 1.165) is 0 Å². The van der Waals surface area contributed by atoms with Crippen LogP contribution in [0.15, 0.2) is 41.1 Å². The quantitative estimate of drug-likeness (QED) is 0.909. The van der Waals surface area contributed by atoms with Gasteiger partial charge < -0.3 is 14.6 Å². The highest BCUT2D eigenvalue weighted by Gasteiger charge is 2.15. The van der Waals surface area contributed by atoms with Crippen molar-refractivity contribution < 1.29 is 14.1 Å². The molecule has 0 bridgehead atoms. The lowest BCUT2D eigenvalue weighted by Gasteiger charge is -2.14. The molecule has 1 aromatic heterocycles. The predicted molar refractivity (Wildman–Crippen MR) is 75.8 cm³/mol. The molecule has 0 saturated carbocycles. The number of aromatic nitrogens is 1. The summed E-state index contributed by atoms with van der Waals surface area (Å²) in [5.74, 6) is 1.24. The fourth-order valence-electron chi connectivity index (χ4n) is 1.69. The fraction of sp³-hybridized carbons (Fsp3) is 0.333. The van der Waals surface area contributed by atoms with E-state index in [2.05, 4.69) is 28.8 Å². The Morgan fingerprint density at radius 2 is 1.90 bits per heavy atom. The van der Waals surface area contributed by atoms with Crippen LogP contribution in [-0.2, 0) is 4.79 Å². The molecule has 0 aliphatic heterocycles. The van der Waals surface area contributed by atoms with Gasteiger partial charge >= 0.3 is 0 Å². The zero-order chi connectivity index (χ0) is 14.5. The van der Waals surface area contributed by atoms with Gasteiger partial charge in [0.2, 0.25) is 0 Å². The van der Waals surface area contributed by atoms with Crippen molar-refractivity contribution in [2.75, 3.05) is 5.32 Å². The first-order chi connectivity index (χ1) is 9.56. The van der Waals surface area contributed by atoms with Crippen LogP contribution in [0.2, 0.25) is 0 Å². The second-order valence-corrected chi connectivity index (χ2v) is 4.86. The summed E-state index contributed by atoms with van der Waals surface area (Å²) >= 11 is 0. The Morgan fingerprint density at radius 3 is 2.45 bits per heavy atom. The highest BCUT2D eigenvalue weighted by atomic mass is 16.5. The lowest BCUT2D eigenvalue weighted by atomic mass is 10.0. The summed E-state index contributed by atoms with van der Waals surface area (Å²) in [5.41, 5.74) is 1.23. The molecule has 106 valence electrons. The lowest BCUT2D eigenvalue weighted by molar-refractivity contribution is -0.122. The molecule has 0 radical (unpaired) electrons. The number of carbonyl (C=O) groups is 1. The minimum absolute atomic E-state index is 0.271. The normalized spacial score (nSPS) is 12.2. The van der Waals surface area contributed by atoms with Crippen molar-refractivity contribution in [1.29, 1.82) is 0 Å². The zero-order valence-electron chi connectivity index (χ0n) is 11.8. The van der Waals surface area contributed by atoms with Crippen LogP contribution in [0, 0.1) is 0 Å². The van der Waals surface area contributed by atoms with E-state index in [1.807, 2.05) is 24.3 Å². The summed E-state index contributed by atoms with van der Waals surface area (Å²) in [6.07, 6.45) is 0.780. The van der Waals surface area contributed by atoms with Crippen LogP contribution < -0.4 is 10.1 Å². The molecular weight excluding hydrogens is 256 g/mol. The van der Waals surface area contributed by atoms with Gasteiger partial charge in [-0.25, -0.2) is 0 Å². The van der Waals surface area contributed by atoms with Gasteiger partial charge in [-0.2, -0.15) is 0 Å². The molecule has 0 aliphatic rings. The molecule has 0 saturated heterocycles. The molecule has 2 aromatic rings. The summed E-state index contributed by atoms with van der Waals surface area (Å²) < 4.78 is 10.2. The maximum atomic E-state index is 11.9. The standard InChI is InChI=1S/C15H18N2O3/c1-10(2)12-4-6-13(7-5-12)20-11(3)15(18)16-14-8-9-19-17-14/h4-11H,1-3H3,(H,16,17,18). The third-order valence-electron chi connectivity index (χ3n) is 2.92. The number of benzene rings is 1. The number of ether oxygens (including phenoxy) is 1. The van der Waals surface area contributed by atoms with Gasteiger partial charge in [0.1, 0.15) is 12.0 Å². The molecule has 0 spiro atoms. The second-order valence-electron chi connectivity index (χ2n) is 4.86. The smallest absolute Gasteiger partial charge is 0.266 e. The Hall–Kier alpha value is -2.30. The molecule has 2 rings (SSSR count). The van der Waals surface area contributed by atoms with Crippen molar-refractivity contribution >= 4 is 11.7 Å². The average Bonchev–Trinajstić information content (AvgIpc) is 2.92. The maximum Gasteiger partial charge on any atom is 0.266 e. The Kier molecular flexibility index (Phi) is 4.40. The number of amides is 1. The number of rotatable bonds is 5. The van der Waals surface area contributed by atoms with Crippen LogP contribution in [0.4, 0.5) is 5.82 Å². The van der Waals surface area contributed by atoms with E-state index in [9.17, 15) is 4.79 Å². The number of hydrogen-bond acceptors (Lipinski definition) is 4. The van der Waals surface area contributed by atoms with Crippen LogP contribution in [0.3, 0.4) is 0 Å². The Morgan fingerprint density at radius 1 is 1.20 bits per heavy atom. The van der Waals surface area contributed by atoms with Crippen molar-refractivity contribution in [2.24, 2.45) is 0 Å². The van der Waals surface area contributed by atoms with Gasteiger partial charge in [-0.1, -0.05) is 31.1 Å². The molecule has 0 aliphatic carbocycles. The zero-order valence-corrected chi connectivity index (χ0v) is 11.8. The summed E-state index contributed by atoms with van der Waals surface area (Å²) in [7, 11) is 0. The number of nitrogens with one attached hydrogen (secondary N) is 1. The topological polar surface area (TPSA) is 64.4 Å².